The third kappa shape index (κ3) is 16.4. The number of rotatable bonds is 16. The number of allylic oxidation sites excluding steroid dienone is 7. The summed E-state index contributed by atoms with van der Waals surface area (Å²) in [5.41, 5.74) is 15.1. The summed E-state index contributed by atoms with van der Waals surface area (Å²) in [6.45, 7) is 28.6. The smallest absolute Gasteiger partial charge is 0.405 e. The van der Waals surface area contributed by atoms with Crippen molar-refractivity contribution in [3.63, 3.8) is 0 Å². The van der Waals surface area contributed by atoms with Gasteiger partial charge in [0.15, 0.2) is 0 Å². The average Bonchev–Trinajstić information content (AvgIpc) is 3.80. The van der Waals surface area contributed by atoms with Crippen LogP contribution in [0.15, 0.2) is 145 Å². The molecule has 10 heteroatoms. The Bertz CT molecular complexity index is 1450. The van der Waals surface area contributed by atoms with Crippen LogP contribution in [-0.4, -0.2) is 59.3 Å². The topological polar surface area (TPSA) is 77.4 Å². The largest absolute Gasteiger partial charge is 0.416 e. The summed E-state index contributed by atoms with van der Waals surface area (Å²) in [6.07, 6.45) is 19.2. The fraction of sp³-hybridized carbons (Fsp3) is 0.405. The monoisotopic (exact) mass is 722 g/mol. The predicted molar refractivity (Wildman–Crippen MR) is 215 cm³/mol. The molecule has 1 aliphatic carbocycles. The first kappa shape index (κ1) is 45.2. The zero-order chi connectivity index (χ0) is 39.3. The minimum Gasteiger partial charge on any atom is -0.405 e. The molecule has 1 aliphatic heterocycles. The first-order valence-corrected chi connectivity index (χ1v) is 17.8. The van der Waals surface area contributed by atoms with Gasteiger partial charge in [-0.25, -0.2) is 5.01 Å². The Morgan fingerprint density at radius 3 is 1.94 bits per heavy atom. The number of benzene rings is 1. The second kappa shape index (κ2) is 23.6. The van der Waals surface area contributed by atoms with E-state index in [2.05, 4.69) is 68.6 Å². The van der Waals surface area contributed by atoms with Crippen molar-refractivity contribution in [2.24, 2.45) is 22.5 Å². The molecule has 0 aromatic heterocycles. The zero-order valence-corrected chi connectivity index (χ0v) is 32.1. The summed E-state index contributed by atoms with van der Waals surface area (Å²) in [5.74, 6) is 1.66. The summed E-state index contributed by atoms with van der Waals surface area (Å²) in [4.78, 5) is 6.13. The number of nitrogens with two attached hydrogens (primary N) is 2. The standard InChI is InChI=1S/C25H39N5.C10H18N2.C7H5F3/c1-11-20(3)13-14-22(5)27(9)17-18-28(10)23(6)15-16-24(7)29-19-26-30(25(29)8)21(4)12-2;11-6-5-10(8-12)7-9-3-1-2-4-9;8-7(9,10)6-4-2-1-3-5-6/h13-16,19,21H,3,5-8,11-12,17-18H2,1-2,4,9-10H3;5-6,8-9H,1-4,7,11-12H2;1-5H/b14-13-,16-15-;6-5-,10-8+;. The molecule has 0 saturated heterocycles. The molecule has 286 valence electrons. The Labute approximate surface area is 311 Å². The van der Waals surface area contributed by atoms with Gasteiger partial charge >= 0.3 is 6.18 Å². The van der Waals surface area contributed by atoms with Crippen LogP contribution in [0.25, 0.3) is 0 Å². The van der Waals surface area contributed by atoms with Crippen LogP contribution in [0.2, 0.25) is 0 Å². The van der Waals surface area contributed by atoms with Crippen molar-refractivity contribution in [2.75, 3.05) is 27.2 Å². The highest BCUT2D eigenvalue weighted by Gasteiger charge is 2.29. The van der Waals surface area contributed by atoms with Crippen molar-refractivity contribution >= 4 is 6.34 Å². The molecule has 2 aliphatic rings. The maximum atomic E-state index is 11.8. The van der Waals surface area contributed by atoms with Crippen molar-refractivity contribution in [3.05, 3.63) is 146 Å². The number of nitrogens with zero attached hydrogens (tertiary/aromatic N) is 5. The quantitative estimate of drug-likeness (QED) is 0.166. The van der Waals surface area contributed by atoms with Crippen LogP contribution in [0.4, 0.5) is 13.2 Å². The highest BCUT2D eigenvalue weighted by atomic mass is 19.4. The lowest BCUT2D eigenvalue weighted by Gasteiger charge is -2.26. The molecular weight excluding hydrogens is 660 g/mol. The van der Waals surface area contributed by atoms with Gasteiger partial charge in [0, 0.05) is 44.3 Å². The van der Waals surface area contributed by atoms with E-state index in [-0.39, 0.29) is 0 Å². The number of alkyl halides is 3. The molecule has 7 nitrogen and oxygen atoms in total. The van der Waals surface area contributed by atoms with Crippen molar-refractivity contribution in [1.29, 1.82) is 0 Å². The minimum absolute atomic E-state index is 0.304. The van der Waals surface area contributed by atoms with Crippen LogP contribution in [0.5, 0.6) is 0 Å². The van der Waals surface area contributed by atoms with Crippen LogP contribution in [0.1, 0.15) is 71.3 Å². The molecule has 1 saturated carbocycles. The molecule has 0 amide bonds. The molecule has 1 heterocycles. The third-order valence-electron chi connectivity index (χ3n) is 8.96. The van der Waals surface area contributed by atoms with Gasteiger partial charge < -0.3 is 21.3 Å². The molecule has 52 heavy (non-hydrogen) atoms. The SMILES string of the molecule is C=C(/C=C\C(=C)N(C)CCN(C)C(=C)/C=C\C(=C)N1C=NN(C(C)CC)C1=C)CC.FC(F)(F)c1ccccc1.N/C=C\C(=C/N)CC1CCCC1. The number of halogens is 3. The molecule has 0 radical (unpaired) electrons. The summed E-state index contributed by atoms with van der Waals surface area (Å²) >= 11 is 0. The summed E-state index contributed by atoms with van der Waals surface area (Å²) in [5, 5.41) is 6.35. The Kier molecular flexibility index (Phi) is 20.5. The number of hydrogen-bond acceptors (Lipinski definition) is 7. The molecule has 0 bridgehead atoms. The van der Waals surface area contributed by atoms with Crippen LogP contribution in [-0.2, 0) is 6.18 Å². The molecule has 1 unspecified atom stereocenters. The van der Waals surface area contributed by atoms with Gasteiger partial charge in [0.2, 0.25) is 0 Å². The maximum Gasteiger partial charge on any atom is 0.416 e. The summed E-state index contributed by atoms with van der Waals surface area (Å²) < 4.78 is 35.4. The van der Waals surface area contributed by atoms with E-state index < -0.39 is 11.7 Å². The van der Waals surface area contributed by atoms with E-state index in [0.717, 1.165) is 78.9 Å². The molecule has 1 aromatic rings. The van der Waals surface area contributed by atoms with Crippen LogP contribution in [0.3, 0.4) is 0 Å². The molecule has 4 N–H and O–H groups in total. The van der Waals surface area contributed by atoms with Gasteiger partial charge in [0.05, 0.1) is 11.6 Å². The highest BCUT2D eigenvalue weighted by molar-refractivity contribution is 5.64. The molecule has 1 atom stereocenters. The van der Waals surface area contributed by atoms with E-state index in [0.29, 0.717) is 6.04 Å². The van der Waals surface area contributed by atoms with Gasteiger partial charge in [0.1, 0.15) is 12.2 Å². The molecule has 0 spiro atoms. The van der Waals surface area contributed by atoms with Crippen LogP contribution in [0, 0.1) is 5.92 Å². The van der Waals surface area contributed by atoms with Crippen molar-refractivity contribution < 1.29 is 13.2 Å². The normalized spacial score (nSPS) is 15.5. The van der Waals surface area contributed by atoms with Crippen LogP contribution < -0.4 is 11.5 Å². The van der Waals surface area contributed by atoms with E-state index in [9.17, 15) is 13.2 Å². The highest BCUT2D eigenvalue weighted by Crippen LogP contribution is 2.30. The fourth-order valence-corrected chi connectivity index (χ4v) is 5.07. The van der Waals surface area contributed by atoms with Gasteiger partial charge in [-0.1, -0.05) is 114 Å². The van der Waals surface area contributed by atoms with E-state index in [1.807, 2.05) is 54.4 Å². The average molecular weight is 722 g/mol. The molecule has 3 rings (SSSR count). The molecule has 1 fully saturated rings. The minimum atomic E-state index is -4.21. The van der Waals surface area contributed by atoms with Crippen LogP contribution >= 0.6 is 0 Å². The second-order valence-electron chi connectivity index (χ2n) is 12.9. The first-order valence-electron chi connectivity index (χ1n) is 17.8. The lowest BCUT2D eigenvalue weighted by molar-refractivity contribution is -0.137. The van der Waals surface area contributed by atoms with E-state index in [1.54, 1.807) is 24.8 Å². The lowest BCUT2D eigenvalue weighted by atomic mass is 9.98. The van der Waals surface area contributed by atoms with Gasteiger partial charge in [-0.15, -0.1) is 0 Å². The van der Waals surface area contributed by atoms with Crippen molar-refractivity contribution in [2.45, 2.75) is 77.9 Å². The Hall–Kier alpha value is -4.86. The Balaban J connectivity index is 0.000000494. The van der Waals surface area contributed by atoms with E-state index in [4.69, 9.17) is 11.5 Å². The van der Waals surface area contributed by atoms with E-state index in [1.165, 1.54) is 43.4 Å². The number of hydrogen-bond donors (Lipinski definition) is 2. The van der Waals surface area contributed by atoms with Gasteiger partial charge in [0.25, 0.3) is 0 Å². The Morgan fingerprint density at radius 1 is 0.923 bits per heavy atom. The van der Waals surface area contributed by atoms with Crippen molar-refractivity contribution in [3.8, 4) is 0 Å². The Morgan fingerprint density at radius 2 is 1.48 bits per heavy atom. The second-order valence-corrected chi connectivity index (χ2v) is 12.9. The maximum absolute atomic E-state index is 11.8. The van der Waals surface area contributed by atoms with Gasteiger partial charge in [-0.05, 0) is 74.4 Å². The lowest BCUT2D eigenvalue weighted by Crippen LogP contribution is -2.29. The fourth-order valence-electron chi connectivity index (χ4n) is 5.07. The zero-order valence-electron chi connectivity index (χ0n) is 32.1. The molecular formula is C42H62F3N7. The van der Waals surface area contributed by atoms with Crippen molar-refractivity contribution in [1.82, 2.24) is 19.7 Å². The van der Waals surface area contributed by atoms with Gasteiger partial charge in [-0.3, -0.25) is 4.90 Å². The predicted octanol–water partition coefficient (Wildman–Crippen LogP) is 9.89. The third-order valence-corrected chi connectivity index (χ3v) is 8.96. The summed E-state index contributed by atoms with van der Waals surface area (Å²) in [6, 6.07) is 6.67. The number of hydrazone groups is 1. The van der Waals surface area contributed by atoms with E-state index >= 15 is 0 Å². The molecule has 1 aromatic carbocycles. The summed E-state index contributed by atoms with van der Waals surface area (Å²) in [7, 11) is 4.07. The number of likely N-dealkylation sites (N-methyl/N-ethyl adjacent to an activating group) is 2. The van der Waals surface area contributed by atoms with Gasteiger partial charge in [-0.2, -0.15) is 18.3 Å². The first-order chi connectivity index (χ1) is 24.6.